The summed E-state index contributed by atoms with van der Waals surface area (Å²) in [6, 6.07) is 7.78. The van der Waals surface area contributed by atoms with Gasteiger partial charge in [-0.05, 0) is 24.6 Å². The van der Waals surface area contributed by atoms with Crippen LogP contribution < -0.4 is 4.74 Å². The fraction of sp³-hybridized carbons (Fsp3) is 0.400. The molecule has 0 heterocycles. The van der Waals surface area contributed by atoms with Crippen LogP contribution in [0.5, 0.6) is 5.75 Å². The summed E-state index contributed by atoms with van der Waals surface area (Å²) < 4.78 is 15.3. The van der Waals surface area contributed by atoms with Crippen LogP contribution in [-0.4, -0.2) is 26.0 Å². The molecule has 0 saturated heterocycles. The van der Waals surface area contributed by atoms with E-state index in [-0.39, 0.29) is 12.0 Å². The standard InChI is InChI=1S/C15H18O4/c1-3-18-15(16)19-14-6-4-5-13(14)11-7-9-12(17-2)10-8-11/h4-5,7-10,13-14H,3,6H2,1-2H3/t13-,14+/m0/s1. The van der Waals surface area contributed by atoms with Crippen LogP contribution in [0.4, 0.5) is 4.79 Å². The summed E-state index contributed by atoms with van der Waals surface area (Å²) in [6.07, 6.45) is 4.02. The highest BCUT2D eigenvalue weighted by molar-refractivity contribution is 5.60. The van der Waals surface area contributed by atoms with E-state index >= 15 is 0 Å². The Balaban J connectivity index is 2.04. The van der Waals surface area contributed by atoms with E-state index < -0.39 is 6.16 Å². The lowest BCUT2D eigenvalue weighted by molar-refractivity contribution is 0.0253. The second-order valence-electron chi connectivity index (χ2n) is 4.30. The highest BCUT2D eigenvalue weighted by Crippen LogP contribution is 2.32. The molecule has 1 aliphatic carbocycles. The maximum absolute atomic E-state index is 11.4. The molecule has 0 aliphatic heterocycles. The molecule has 2 rings (SSSR count). The number of hydrogen-bond acceptors (Lipinski definition) is 4. The maximum Gasteiger partial charge on any atom is 0.508 e. The van der Waals surface area contributed by atoms with Crippen LogP contribution >= 0.6 is 0 Å². The zero-order valence-corrected chi connectivity index (χ0v) is 11.2. The minimum Gasteiger partial charge on any atom is -0.497 e. The van der Waals surface area contributed by atoms with Gasteiger partial charge in [-0.2, -0.15) is 0 Å². The summed E-state index contributed by atoms with van der Waals surface area (Å²) in [5.41, 5.74) is 1.10. The van der Waals surface area contributed by atoms with Gasteiger partial charge in [0.25, 0.3) is 0 Å². The van der Waals surface area contributed by atoms with Gasteiger partial charge in [0.05, 0.1) is 13.7 Å². The van der Waals surface area contributed by atoms with Gasteiger partial charge < -0.3 is 14.2 Å². The Morgan fingerprint density at radius 3 is 2.68 bits per heavy atom. The van der Waals surface area contributed by atoms with Crippen molar-refractivity contribution in [1.82, 2.24) is 0 Å². The molecule has 0 fully saturated rings. The number of rotatable bonds is 4. The average molecular weight is 262 g/mol. The first-order valence-electron chi connectivity index (χ1n) is 6.38. The quantitative estimate of drug-likeness (QED) is 0.617. The van der Waals surface area contributed by atoms with Crippen LogP contribution in [0.3, 0.4) is 0 Å². The SMILES string of the molecule is CCOC(=O)O[C@@H]1CC=C[C@H]1c1ccc(OC)cc1. The molecule has 19 heavy (non-hydrogen) atoms. The summed E-state index contributed by atoms with van der Waals surface area (Å²) in [5.74, 6) is 0.892. The van der Waals surface area contributed by atoms with Crippen LogP contribution in [0.15, 0.2) is 36.4 Å². The van der Waals surface area contributed by atoms with E-state index in [0.717, 1.165) is 17.7 Å². The van der Waals surface area contributed by atoms with E-state index in [1.165, 1.54) is 0 Å². The van der Waals surface area contributed by atoms with E-state index in [4.69, 9.17) is 14.2 Å². The summed E-state index contributed by atoms with van der Waals surface area (Å²) in [4.78, 5) is 11.4. The number of carbonyl (C=O) groups excluding carboxylic acids is 1. The zero-order chi connectivity index (χ0) is 13.7. The molecule has 0 aromatic heterocycles. The molecule has 2 atom stereocenters. The fourth-order valence-electron chi connectivity index (χ4n) is 2.18. The van der Waals surface area contributed by atoms with Gasteiger partial charge in [-0.3, -0.25) is 0 Å². The van der Waals surface area contributed by atoms with Crippen molar-refractivity contribution in [1.29, 1.82) is 0 Å². The van der Waals surface area contributed by atoms with Gasteiger partial charge in [-0.25, -0.2) is 4.79 Å². The van der Waals surface area contributed by atoms with Crippen molar-refractivity contribution in [2.45, 2.75) is 25.4 Å². The first-order valence-corrected chi connectivity index (χ1v) is 6.38. The number of hydrogen-bond donors (Lipinski definition) is 0. The van der Waals surface area contributed by atoms with Gasteiger partial charge in [0.2, 0.25) is 0 Å². The van der Waals surface area contributed by atoms with Crippen molar-refractivity contribution in [3.8, 4) is 5.75 Å². The van der Waals surface area contributed by atoms with Gasteiger partial charge in [0.1, 0.15) is 11.9 Å². The van der Waals surface area contributed by atoms with E-state index in [1.807, 2.05) is 30.3 Å². The third-order valence-corrected chi connectivity index (χ3v) is 3.12. The molecule has 0 radical (unpaired) electrons. The molecule has 1 aliphatic rings. The highest BCUT2D eigenvalue weighted by atomic mass is 16.7. The topological polar surface area (TPSA) is 44.8 Å². The summed E-state index contributed by atoms with van der Waals surface area (Å²) in [5, 5.41) is 0. The molecule has 4 nitrogen and oxygen atoms in total. The molecule has 0 spiro atoms. The van der Waals surface area contributed by atoms with Crippen molar-refractivity contribution in [3.63, 3.8) is 0 Å². The first kappa shape index (κ1) is 13.5. The number of methoxy groups -OCH3 is 1. The number of carbonyl (C=O) groups is 1. The van der Waals surface area contributed by atoms with Crippen molar-refractivity contribution >= 4 is 6.16 Å². The Morgan fingerprint density at radius 2 is 2.05 bits per heavy atom. The lowest BCUT2D eigenvalue weighted by Gasteiger charge is -2.20. The predicted molar refractivity (Wildman–Crippen MR) is 71.4 cm³/mol. The summed E-state index contributed by atoms with van der Waals surface area (Å²) in [7, 11) is 1.64. The van der Waals surface area contributed by atoms with Crippen molar-refractivity contribution < 1.29 is 19.0 Å². The largest absolute Gasteiger partial charge is 0.508 e. The Hall–Kier alpha value is -1.97. The lowest BCUT2D eigenvalue weighted by atomic mass is 9.96. The van der Waals surface area contributed by atoms with Crippen molar-refractivity contribution in [2.24, 2.45) is 0 Å². The molecular formula is C15H18O4. The molecular weight excluding hydrogens is 244 g/mol. The van der Waals surface area contributed by atoms with Gasteiger partial charge in [-0.1, -0.05) is 24.3 Å². The van der Waals surface area contributed by atoms with E-state index in [2.05, 4.69) is 6.08 Å². The summed E-state index contributed by atoms with van der Waals surface area (Å²) in [6.45, 7) is 2.08. The van der Waals surface area contributed by atoms with Crippen LogP contribution in [0, 0.1) is 0 Å². The lowest BCUT2D eigenvalue weighted by Crippen LogP contribution is -2.22. The van der Waals surface area contributed by atoms with Gasteiger partial charge in [0.15, 0.2) is 0 Å². The Bertz CT molecular complexity index is 450. The molecule has 0 unspecified atom stereocenters. The number of ether oxygens (including phenoxy) is 3. The average Bonchev–Trinajstić information content (AvgIpc) is 2.87. The fourth-order valence-corrected chi connectivity index (χ4v) is 2.18. The molecule has 0 amide bonds. The minimum atomic E-state index is -0.602. The predicted octanol–water partition coefficient (Wildman–Crippen LogP) is 3.28. The zero-order valence-electron chi connectivity index (χ0n) is 11.2. The highest BCUT2D eigenvalue weighted by Gasteiger charge is 2.28. The Labute approximate surface area is 113 Å². The van der Waals surface area contributed by atoms with Gasteiger partial charge in [-0.15, -0.1) is 0 Å². The molecule has 0 bridgehead atoms. The smallest absolute Gasteiger partial charge is 0.497 e. The molecule has 0 N–H and O–H groups in total. The van der Waals surface area contributed by atoms with Crippen LogP contribution in [0.1, 0.15) is 24.8 Å². The van der Waals surface area contributed by atoms with E-state index in [0.29, 0.717) is 6.61 Å². The van der Waals surface area contributed by atoms with Gasteiger partial charge >= 0.3 is 6.16 Å². The second-order valence-corrected chi connectivity index (χ2v) is 4.30. The molecule has 0 saturated carbocycles. The molecule has 1 aromatic carbocycles. The minimum absolute atomic E-state index is 0.0790. The van der Waals surface area contributed by atoms with Crippen LogP contribution in [0.25, 0.3) is 0 Å². The molecule has 1 aromatic rings. The maximum atomic E-state index is 11.4. The van der Waals surface area contributed by atoms with Gasteiger partial charge in [0, 0.05) is 12.3 Å². The van der Waals surface area contributed by atoms with Crippen LogP contribution in [-0.2, 0) is 9.47 Å². The second kappa shape index (κ2) is 6.27. The van der Waals surface area contributed by atoms with Crippen LogP contribution in [0.2, 0.25) is 0 Å². The van der Waals surface area contributed by atoms with Crippen molar-refractivity contribution in [3.05, 3.63) is 42.0 Å². The Kier molecular flexibility index (Phi) is 4.44. The molecule has 4 heteroatoms. The Morgan fingerprint density at radius 1 is 1.32 bits per heavy atom. The normalized spacial score (nSPS) is 21.2. The van der Waals surface area contributed by atoms with E-state index in [9.17, 15) is 4.79 Å². The number of benzene rings is 1. The van der Waals surface area contributed by atoms with E-state index in [1.54, 1.807) is 14.0 Å². The third-order valence-electron chi connectivity index (χ3n) is 3.12. The first-order chi connectivity index (χ1) is 9.24. The molecule has 102 valence electrons. The summed E-state index contributed by atoms with van der Waals surface area (Å²) >= 11 is 0. The third kappa shape index (κ3) is 3.28. The van der Waals surface area contributed by atoms with Crippen molar-refractivity contribution in [2.75, 3.05) is 13.7 Å². The monoisotopic (exact) mass is 262 g/mol.